The van der Waals surface area contributed by atoms with Gasteiger partial charge >= 0.3 is 6.09 Å². The number of Topliss-reactive ketones (excluding diaryl/α,β-unsaturated/α-hetero) is 1. The lowest BCUT2D eigenvalue weighted by atomic mass is 9.86. The Hall–Kier alpha value is -2.65. The van der Waals surface area contributed by atoms with E-state index in [2.05, 4.69) is 16.0 Å². The van der Waals surface area contributed by atoms with E-state index in [1.54, 1.807) is 48.5 Å². The fourth-order valence-electron chi connectivity index (χ4n) is 3.06. The molecule has 0 fully saturated rings. The maximum Gasteiger partial charge on any atom is 0.408 e. The highest BCUT2D eigenvalue weighted by Crippen LogP contribution is 2.21. The molecule has 3 atom stereocenters. The summed E-state index contributed by atoms with van der Waals surface area (Å²) in [4.78, 5) is 61.8. The SMILES string of the molecule is CCCC(NC(=O)[C@H](CC(C)C)NC(=O)C(NC(=O)OC(C)(C)C)C(C)(C)C)C(=O)C(N)=O. The molecule has 0 rings (SSSR count). The molecular weight excluding hydrogens is 428 g/mol. The van der Waals surface area contributed by atoms with Crippen LogP contribution in [-0.2, 0) is 23.9 Å². The second-order valence-corrected chi connectivity index (χ2v) is 10.7. The van der Waals surface area contributed by atoms with E-state index in [4.69, 9.17) is 10.5 Å². The number of carbonyl (C=O) groups excluding carboxylic acids is 5. The minimum absolute atomic E-state index is 0.0319. The van der Waals surface area contributed by atoms with Crippen LogP contribution in [-0.4, -0.2) is 53.3 Å². The molecule has 0 saturated carbocycles. The van der Waals surface area contributed by atoms with Gasteiger partial charge in [0.1, 0.15) is 17.7 Å². The molecule has 0 saturated heterocycles. The van der Waals surface area contributed by atoms with Crippen LogP contribution in [0.4, 0.5) is 4.79 Å². The van der Waals surface area contributed by atoms with Gasteiger partial charge in [-0.3, -0.25) is 19.2 Å². The Labute approximate surface area is 197 Å². The zero-order valence-electron chi connectivity index (χ0n) is 21.5. The Morgan fingerprint density at radius 1 is 0.848 bits per heavy atom. The van der Waals surface area contributed by atoms with Gasteiger partial charge in [0.2, 0.25) is 17.6 Å². The summed E-state index contributed by atoms with van der Waals surface area (Å²) in [5.74, 6) is -3.16. The number of hydrogen-bond acceptors (Lipinski definition) is 6. The molecule has 190 valence electrons. The van der Waals surface area contributed by atoms with Crippen LogP contribution in [0.1, 0.15) is 81.6 Å². The second-order valence-electron chi connectivity index (χ2n) is 10.7. The summed E-state index contributed by atoms with van der Waals surface area (Å²) in [5.41, 5.74) is 3.66. The van der Waals surface area contributed by atoms with Crippen LogP contribution in [0, 0.1) is 11.3 Å². The third-order valence-corrected chi connectivity index (χ3v) is 4.58. The number of nitrogens with one attached hydrogen (secondary N) is 3. The van der Waals surface area contributed by atoms with E-state index in [9.17, 15) is 24.0 Å². The van der Waals surface area contributed by atoms with Gasteiger partial charge in [-0.1, -0.05) is 48.0 Å². The number of rotatable bonds is 11. The summed E-state index contributed by atoms with van der Waals surface area (Å²) in [5, 5.41) is 7.82. The van der Waals surface area contributed by atoms with Crippen LogP contribution in [0.3, 0.4) is 0 Å². The number of nitrogens with two attached hydrogens (primary N) is 1. The van der Waals surface area contributed by atoms with E-state index >= 15 is 0 Å². The van der Waals surface area contributed by atoms with Gasteiger partial charge < -0.3 is 26.4 Å². The summed E-state index contributed by atoms with van der Waals surface area (Å²) in [7, 11) is 0. The lowest BCUT2D eigenvalue weighted by Gasteiger charge is -2.33. The molecule has 10 heteroatoms. The molecule has 0 aliphatic carbocycles. The molecule has 0 aromatic heterocycles. The first-order valence-corrected chi connectivity index (χ1v) is 11.3. The van der Waals surface area contributed by atoms with Crippen molar-refractivity contribution in [3.8, 4) is 0 Å². The van der Waals surface area contributed by atoms with Crippen LogP contribution in [0.15, 0.2) is 0 Å². The Kier molecular flexibility index (Phi) is 11.5. The van der Waals surface area contributed by atoms with Crippen molar-refractivity contribution in [2.24, 2.45) is 17.1 Å². The molecular formula is C23H42N4O6. The summed E-state index contributed by atoms with van der Waals surface area (Å²) >= 11 is 0. The molecule has 0 radical (unpaired) electrons. The maximum atomic E-state index is 13.1. The van der Waals surface area contributed by atoms with Gasteiger partial charge in [-0.15, -0.1) is 0 Å². The van der Waals surface area contributed by atoms with Crippen molar-refractivity contribution in [2.75, 3.05) is 0 Å². The molecule has 10 nitrogen and oxygen atoms in total. The van der Waals surface area contributed by atoms with E-state index in [1.165, 1.54) is 0 Å². The van der Waals surface area contributed by atoms with Gasteiger partial charge in [-0.05, 0) is 44.9 Å². The lowest BCUT2D eigenvalue weighted by Crippen LogP contribution is -2.59. The molecule has 0 aliphatic rings. The monoisotopic (exact) mass is 470 g/mol. The zero-order chi connectivity index (χ0) is 26.1. The summed E-state index contributed by atoms with van der Waals surface area (Å²) in [6.07, 6.45) is 0.305. The molecule has 0 spiro atoms. The van der Waals surface area contributed by atoms with E-state index in [1.807, 2.05) is 13.8 Å². The maximum absolute atomic E-state index is 13.1. The summed E-state index contributed by atoms with van der Waals surface area (Å²) in [6, 6.07) is -3.04. The van der Waals surface area contributed by atoms with Crippen LogP contribution in [0.5, 0.6) is 0 Å². The predicted octanol–water partition coefficient (Wildman–Crippen LogP) is 1.80. The molecule has 2 unspecified atom stereocenters. The fraction of sp³-hybridized carbons (Fsp3) is 0.783. The van der Waals surface area contributed by atoms with Gasteiger partial charge in [-0.2, -0.15) is 0 Å². The van der Waals surface area contributed by atoms with Crippen molar-refractivity contribution in [3.63, 3.8) is 0 Å². The topological polar surface area (TPSA) is 157 Å². The van der Waals surface area contributed by atoms with E-state index in [-0.39, 0.29) is 18.8 Å². The van der Waals surface area contributed by atoms with Crippen molar-refractivity contribution in [1.82, 2.24) is 16.0 Å². The van der Waals surface area contributed by atoms with Crippen LogP contribution in [0.25, 0.3) is 0 Å². The molecule has 4 amide bonds. The number of ether oxygens (including phenoxy) is 1. The molecule has 33 heavy (non-hydrogen) atoms. The van der Waals surface area contributed by atoms with Crippen molar-refractivity contribution >= 4 is 29.6 Å². The first-order valence-electron chi connectivity index (χ1n) is 11.3. The van der Waals surface area contributed by atoms with E-state index < -0.39 is 58.7 Å². The van der Waals surface area contributed by atoms with Crippen LogP contribution < -0.4 is 21.7 Å². The number of alkyl carbamates (subject to hydrolysis) is 1. The largest absolute Gasteiger partial charge is 0.444 e. The minimum atomic E-state index is -1.13. The first-order chi connectivity index (χ1) is 14.9. The Balaban J connectivity index is 5.67. The zero-order valence-corrected chi connectivity index (χ0v) is 21.5. The van der Waals surface area contributed by atoms with Crippen LogP contribution >= 0.6 is 0 Å². The quantitative estimate of drug-likeness (QED) is 0.337. The van der Waals surface area contributed by atoms with Crippen LogP contribution in [0.2, 0.25) is 0 Å². The van der Waals surface area contributed by atoms with Gasteiger partial charge in [0.05, 0.1) is 6.04 Å². The molecule has 0 aromatic rings. The van der Waals surface area contributed by atoms with Crippen molar-refractivity contribution in [2.45, 2.75) is 105 Å². The molecule has 0 heterocycles. The standard InChI is InChI=1S/C23H42N4O6/c1-10-11-14(16(28)18(24)29)25-19(30)15(12-13(2)3)26-20(31)17(22(4,5)6)27-21(32)33-23(7,8)9/h13-15,17H,10-12H2,1-9H3,(H2,24,29)(H,25,30)(H,26,31)(H,27,32)/t14?,15-,17?/m0/s1. The smallest absolute Gasteiger partial charge is 0.408 e. The third-order valence-electron chi connectivity index (χ3n) is 4.58. The number of carbonyl (C=O) groups is 5. The van der Waals surface area contributed by atoms with E-state index in [0.29, 0.717) is 6.42 Å². The predicted molar refractivity (Wildman–Crippen MR) is 125 cm³/mol. The lowest BCUT2D eigenvalue weighted by molar-refractivity contribution is -0.139. The Bertz CT molecular complexity index is 721. The third kappa shape index (κ3) is 11.7. The molecule has 5 N–H and O–H groups in total. The summed E-state index contributed by atoms with van der Waals surface area (Å²) in [6.45, 7) is 16.0. The average molecular weight is 471 g/mol. The van der Waals surface area contributed by atoms with Crippen molar-refractivity contribution < 1.29 is 28.7 Å². The Morgan fingerprint density at radius 2 is 1.36 bits per heavy atom. The highest BCUT2D eigenvalue weighted by molar-refractivity contribution is 6.37. The fourth-order valence-corrected chi connectivity index (χ4v) is 3.06. The highest BCUT2D eigenvalue weighted by atomic mass is 16.6. The molecule has 0 bridgehead atoms. The molecule has 0 aliphatic heterocycles. The first kappa shape index (κ1) is 30.4. The summed E-state index contributed by atoms with van der Waals surface area (Å²) < 4.78 is 5.27. The Morgan fingerprint density at radius 3 is 1.76 bits per heavy atom. The number of primary amides is 1. The van der Waals surface area contributed by atoms with Gasteiger partial charge in [0.15, 0.2) is 0 Å². The normalized spacial score (nSPS) is 14.6. The number of hydrogen-bond donors (Lipinski definition) is 4. The number of amides is 4. The van der Waals surface area contributed by atoms with Crippen molar-refractivity contribution in [1.29, 1.82) is 0 Å². The van der Waals surface area contributed by atoms with Crippen molar-refractivity contribution in [3.05, 3.63) is 0 Å². The highest BCUT2D eigenvalue weighted by Gasteiger charge is 2.37. The van der Waals surface area contributed by atoms with Gasteiger partial charge in [-0.25, -0.2) is 4.79 Å². The van der Waals surface area contributed by atoms with Gasteiger partial charge in [0.25, 0.3) is 5.91 Å². The second kappa shape index (κ2) is 12.6. The van der Waals surface area contributed by atoms with Gasteiger partial charge in [0, 0.05) is 0 Å². The average Bonchev–Trinajstić information content (AvgIpc) is 2.61. The minimum Gasteiger partial charge on any atom is -0.444 e. The number of ketones is 1. The van der Waals surface area contributed by atoms with E-state index in [0.717, 1.165) is 0 Å². The molecule has 0 aromatic carbocycles.